The van der Waals surface area contributed by atoms with Crippen molar-refractivity contribution in [3.8, 4) is 11.3 Å². The number of furan rings is 1. The van der Waals surface area contributed by atoms with Gasteiger partial charge in [-0.15, -0.1) is 0 Å². The maximum Gasteiger partial charge on any atom is 0.169 e. The molecule has 2 heterocycles. The lowest BCUT2D eigenvalue weighted by Crippen LogP contribution is -2.25. The lowest BCUT2D eigenvalue weighted by Gasteiger charge is -1.97. The van der Waals surface area contributed by atoms with Crippen LogP contribution in [-0.2, 0) is 7.05 Å². The van der Waals surface area contributed by atoms with Gasteiger partial charge in [0.05, 0.1) is 0 Å². The molecule has 18 heavy (non-hydrogen) atoms. The van der Waals surface area contributed by atoms with Crippen LogP contribution >= 0.6 is 0 Å². The molecule has 0 amide bonds. The Balaban J connectivity index is 2.19. The number of aromatic nitrogens is 1. The second-order valence-electron chi connectivity index (χ2n) is 4.86. The molecule has 0 spiro atoms. The first-order chi connectivity index (χ1) is 8.63. The van der Waals surface area contributed by atoms with Crippen LogP contribution in [0.1, 0.15) is 11.1 Å². The summed E-state index contributed by atoms with van der Waals surface area (Å²) in [6, 6.07) is 10.6. The summed E-state index contributed by atoms with van der Waals surface area (Å²) in [7, 11) is 2.01. The first kappa shape index (κ1) is 11.0. The molecule has 90 valence electrons. The first-order valence-corrected chi connectivity index (χ1v) is 6.10. The lowest BCUT2D eigenvalue weighted by molar-refractivity contribution is -0.671. The predicted molar refractivity (Wildman–Crippen MR) is 72.3 cm³/mol. The fourth-order valence-electron chi connectivity index (χ4n) is 2.32. The third-order valence-corrected chi connectivity index (χ3v) is 3.21. The number of pyridine rings is 1. The summed E-state index contributed by atoms with van der Waals surface area (Å²) in [5, 5.41) is 1.18. The highest BCUT2D eigenvalue weighted by Crippen LogP contribution is 2.30. The van der Waals surface area contributed by atoms with Gasteiger partial charge in [0.15, 0.2) is 12.4 Å². The molecular formula is C16H16NO+. The van der Waals surface area contributed by atoms with Gasteiger partial charge in [0.25, 0.3) is 0 Å². The highest BCUT2D eigenvalue weighted by Gasteiger charge is 2.09. The van der Waals surface area contributed by atoms with E-state index in [-0.39, 0.29) is 0 Å². The van der Waals surface area contributed by atoms with Crippen molar-refractivity contribution in [3.05, 3.63) is 53.9 Å². The minimum atomic E-state index is 0.930. The Hall–Kier alpha value is -2.09. The number of hydrogen-bond acceptors (Lipinski definition) is 1. The fourth-order valence-corrected chi connectivity index (χ4v) is 2.32. The van der Waals surface area contributed by atoms with E-state index in [1.165, 1.54) is 16.5 Å². The summed E-state index contributed by atoms with van der Waals surface area (Å²) < 4.78 is 7.99. The SMILES string of the molecule is Cc1cc(C)c2oc(-c3cc[n+](C)cc3)cc2c1. The molecule has 0 aliphatic heterocycles. The Bertz CT molecular complexity index is 708. The van der Waals surface area contributed by atoms with E-state index >= 15 is 0 Å². The van der Waals surface area contributed by atoms with Crippen molar-refractivity contribution in [2.45, 2.75) is 13.8 Å². The maximum absolute atomic E-state index is 5.97. The maximum atomic E-state index is 5.97. The molecule has 3 rings (SSSR count). The van der Waals surface area contributed by atoms with Crippen LogP contribution < -0.4 is 4.57 Å². The van der Waals surface area contributed by atoms with Crippen LogP contribution in [0.25, 0.3) is 22.3 Å². The summed E-state index contributed by atoms with van der Waals surface area (Å²) in [6.45, 7) is 4.20. The zero-order chi connectivity index (χ0) is 12.7. The summed E-state index contributed by atoms with van der Waals surface area (Å²) >= 11 is 0. The van der Waals surface area contributed by atoms with E-state index in [9.17, 15) is 0 Å². The standard InChI is InChI=1S/C16H16NO/c1-11-8-12(2)16-14(9-11)10-15(18-16)13-4-6-17(3)7-5-13/h4-10H,1-3H3/q+1. The Morgan fingerprint density at radius 1 is 1.00 bits per heavy atom. The van der Waals surface area contributed by atoms with Crippen molar-refractivity contribution in [2.75, 3.05) is 0 Å². The molecule has 0 aliphatic carbocycles. The fraction of sp³-hybridized carbons (Fsp3) is 0.188. The summed E-state index contributed by atoms with van der Waals surface area (Å²) in [5.74, 6) is 0.930. The van der Waals surface area contributed by atoms with Crippen molar-refractivity contribution in [1.29, 1.82) is 0 Å². The molecule has 0 radical (unpaired) electrons. The number of hydrogen-bond donors (Lipinski definition) is 0. The normalized spacial score (nSPS) is 11.1. The molecule has 0 bridgehead atoms. The summed E-state index contributed by atoms with van der Waals surface area (Å²) in [4.78, 5) is 0. The second-order valence-corrected chi connectivity index (χ2v) is 4.86. The molecule has 0 fully saturated rings. The quantitative estimate of drug-likeness (QED) is 0.593. The smallest absolute Gasteiger partial charge is 0.169 e. The summed E-state index contributed by atoms with van der Waals surface area (Å²) in [6.07, 6.45) is 4.06. The van der Waals surface area contributed by atoms with Crippen LogP contribution in [0.5, 0.6) is 0 Å². The number of aryl methyl sites for hydroxylation is 3. The van der Waals surface area contributed by atoms with Gasteiger partial charge in [-0.2, -0.15) is 0 Å². The van der Waals surface area contributed by atoms with Gasteiger partial charge in [-0.05, 0) is 31.5 Å². The Morgan fingerprint density at radius 2 is 1.72 bits per heavy atom. The molecule has 2 aromatic heterocycles. The zero-order valence-corrected chi connectivity index (χ0v) is 10.9. The Labute approximate surface area is 106 Å². The third kappa shape index (κ3) is 1.80. The van der Waals surface area contributed by atoms with Gasteiger partial charge < -0.3 is 4.42 Å². The van der Waals surface area contributed by atoms with E-state index in [4.69, 9.17) is 4.42 Å². The molecule has 1 aromatic carbocycles. The average Bonchev–Trinajstić information content (AvgIpc) is 2.74. The third-order valence-electron chi connectivity index (χ3n) is 3.21. The van der Waals surface area contributed by atoms with Gasteiger partial charge >= 0.3 is 0 Å². The highest BCUT2D eigenvalue weighted by molar-refractivity contribution is 5.85. The number of fused-ring (bicyclic) bond motifs is 1. The van der Waals surface area contributed by atoms with E-state index in [0.717, 1.165) is 16.9 Å². The topological polar surface area (TPSA) is 17.0 Å². The lowest BCUT2D eigenvalue weighted by atomic mass is 10.1. The second kappa shape index (κ2) is 3.98. The molecule has 2 nitrogen and oxygen atoms in total. The van der Waals surface area contributed by atoms with Crippen LogP contribution in [0, 0.1) is 13.8 Å². The van der Waals surface area contributed by atoms with E-state index in [2.05, 4.69) is 44.2 Å². The van der Waals surface area contributed by atoms with E-state index in [1.807, 2.05) is 24.0 Å². The highest BCUT2D eigenvalue weighted by atomic mass is 16.3. The van der Waals surface area contributed by atoms with Crippen LogP contribution in [0.4, 0.5) is 0 Å². The van der Waals surface area contributed by atoms with Gasteiger partial charge in [0.1, 0.15) is 18.4 Å². The predicted octanol–water partition coefficient (Wildman–Crippen LogP) is 3.54. The molecular weight excluding hydrogens is 222 g/mol. The molecule has 0 unspecified atom stereocenters. The molecule has 0 N–H and O–H groups in total. The minimum Gasteiger partial charge on any atom is -0.456 e. The Kier molecular flexibility index (Phi) is 2.44. The van der Waals surface area contributed by atoms with E-state index < -0.39 is 0 Å². The molecule has 0 saturated heterocycles. The molecule has 0 aliphatic rings. The van der Waals surface area contributed by atoms with Gasteiger partial charge in [-0.3, -0.25) is 0 Å². The van der Waals surface area contributed by atoms with Crippen molar-refractivity contribution >= 4 is 11.0 Å². The Morgan fingerprint density at radius 3 is 2.44 bits per heavy atom. The van der Waals surface area contributed by atoms with Crippen molar-refractivity contribution in [3.63, 3.8) is 0 Å². The molecule has 2 heteroatoms. The molecule has 0 saturated carbocycles. The monoisotopic (exact) mass is 238 g/mol. The van der Waals surface area contributed by atoms with Gasteiger partial charge in [-0.1, -0.05) is 11.6 Å². The van der Waals surface area contributed by atoms with Gasteiger partial charge in [0.2, 0.25) is 0 Å². The van der Waals surface area contributed by atoms with E-state index in [0.29, 0.717) is 0 Å². The summed E-state index contributed by atoms with van der Waals surface area (Å²) in [5.41, 5.74) is 4.56. The zero-order valence-electron chi connectivity index (χ0n) is 10.9. The van der Waals surface area contributed by atoms with Crippen molar-refractivity contribution in [2.24, 2.45) is 7.05 Å². The van der Waals surface area contributed by atoms with Crippen LogP contribution in [0.3, 0.4) is 0 Å². The first-order valence-electron chi connectivity index (χ1n) is 6.10. The number of rotatable bonds is 1. The van der Waals surface area contributed by atoms with Gasteiger partial charge in [-0.25, -0.2) is 4.57 Å². The molecule has 3 aromatic rings. The number of nitrogens with zero attached hydrogens (tertiary/aromatic N) is 1. The van der Waals surface area contributed by atoms with Crippen LogP contribution in [0.2, 0.25) is 0 Å². The minimum absolute atomic E-state index is 0.930. The van der Waals surface area contributed by atoms with Crippen molar-refractivity contribution < 1.29 is 8.98 Å². The number of benzene rings is 1. The van der Waals surface area contributed by atoms with Crippen LogP contribution in [0.15, 0.2) is 47.1 Å². The van der Waals surface area contributed by atoms with Crippen LogP contribution in [-0.4, -0.2) is 0 Å². The van der Waals surface area contributed by atoms with E-state index in [1.54, 1.807) is 0 Å². The van der Waals surface area contributed by atoms with Crippen molar-refractivity contribution in [1.82, 2.24) is 0 Å². The average molecular weight is 238 g/mol. The largest absolute Gasteiger partial charge is 0.456 e. The molecule has 0 atom stereocenters. The van der Waals surface area contributed by atoms with Gasteiger partial charge in [0, 0.05) is 23.1 Å².